The van der Waals surface area contributed by atoms with Crippen LogP contribution in [0.4, 0.5) is 0 Å². The number of carboxylic acids is 1. The quantitative estimate of drug-likeness (QED) is 0.196. The molecule has 0 saturated heterocycles. The van der Waals surface area contributed by atoms with Crippen LogP contribution in [0.25, 0.3) is 11.1 Å². The maximum absolute atomic E-state index is 13.1. The van der Waals surface area contributed by atoms with Crippen molar-refractivity contribution in [3.63, 3.8) is 0 Å². The Hall–Kier alpha value is -4.10. The summed E-state index contributed by atoms with van der Waals surface area (Å²) in [7, 11) is 0. The lowest BCUT2D eigenvalue weighted by Gasteiger charge is -2.17. The normalized spacial score (nSPS) is 13.4. The Balaban J connectivity index is 1.29. The summed E-state index contributed by atoms with van der Waals surface area (Å²) < 4.78 is 12.7. The van der Waals surface area contributed by atoms with Gasteiger partial charge in [0.15, 0.2) is 0 Å². The molecule has 1 aliphatic carbocycles. The van der Waals surface area contributed by atoms with E-state index in [2.05, 4.69) is 21.2 Å². The van der Waals surface area contributed by atoms with Crippen molar-refractivity contribution in [3.8, 4) is 28.4 Å². The molecule has 1 atom stereocenters. The van der Waals surface area contributed by atoms with Crippen LogP contribution < -0.4 is 14.8 Å². The zero-order chi connectivity index (χ0) is 27.2. The van der Waals surface area contributed by atoms with Gasteiger partial charge in [0, 0.05) is 16.5 Å². The Bertz CT molecular complexity index is 1450. The second-order valence-electron chi connectivity index (χ2n) is 9.57. The first kappa shape index (κ1) is 26.5. The van der Waals surface area contributed by atoms with Crippen LogP contribution in [-0.4, -0.2) is 29.6 Å². The number of halogens is 1. The lowest BCUT2D eigenvalue weighted by atomic mass is 9.99. The van der Waals surface area contributed by atoms with Crippen molar-refractivity contribution in [2.75, 3.05) is 6.61 Å². The number of hydrogen-bond acceptors (Lipinski definition) is 4. The molecule has 0 spiro atoms. The molecule has 0 heterocycles. The summed E-state index contributed by atoms with van der Waals surface area (Å²) >= 11 is 3.39. The van der Waals surface area contributed by atoms with Crippen LogP contribution in [0.1, 0.15) is 28.8 Å². The summed E-state index contributed by atoms with van der Waals surface area (Å²) in [5.74, 6) is 0.847. The monoisotopic (exact) mass is 585 g/mol. The highest BCUT2D eigenvalue weighted by atomic mass is 79.9. The molecule has 1 amide bonds. The van der Waals surface area contributed by atoms with Gasteiger partial charge in [0.2, 0.25) is 0 Å². The van der Waals surface area contributed by atoms with Crippen LogP contribution in [-0.2, 0) is 11.2 Å². The van der Waals surface area contributed by atoms with Crippen molar-refractivity contribution in [1.29, 1.82) is 0 Å². The third-order valence-corrected chi connectivity index (χ3v) is 7.02. The van der Waals surface area contributed by atoms with Crippen molar-refractivity contribution in [2.45, 2.75) is 25.3 Å². The lowest BCUT2D eigenvalue weighted by Crippen LogP contribution is -2.42. The molecule has 7 heteroatoms. The Kier molecular flexibility index (Phi) is 8.27. The van der Waals surface area contributed by atoms with Crippen LogP contribution in [0.15, 0.2) is 102 Å². The third-order valence-electron chi connectivity index (χ3n) is 6.52. The fourth-order valence-electron chi connectivity index (χ4n) is 4.20. The average Bonchev–Trinajstić information content (AvgIpc) is 3.78. The number of aliphatic carboxylic acids is 1. The maximum atomic E-state index is 13.1. The summed E-state index contributed by atoms with van der Waals surface area (Å²) in [6.07, 6.45) is 2.39. The van der Waals surface area contributed by atoms with E-state index < -0.39 is 17.9 Å². The van der Waals surface area contributed by atoms with E-state index in [4.69, 9.17) is 9.47 Å². The molecule has 0 aromatic heterocycles. The lowest BCUT2D eigenvalue weighted by molar-refractivity contribution is -0.139. The second kappa shape index (κ2) is 12.2. The molecule has 5 rings (SSSR count). The molecule has 6 nitrogen and oxygen atoms in total. The number of benzene rings is 4. The van der Waals surface area contributed by atoms with Crippen molar-refractivity contribution < 1.29 is 24.2 Å². The van der Waals surface area contributed by atoms with Gasteiger partial charge in [0.25, 0.3) is 5.91 Å². The number of amides is 1. The molecule has 0 bridgehead atoms. The average molecular weight is 586 g/mol. The maximum Gasteiger partial charge on any atom is 0.326 e. The predicted molar refractivity (Wildman–Crippen MR) is 153 cm³/mol. The number of hydrogen-bond donors (Lipinski definition) is 2. The van der Waals surface area contributed by atoms with Crippen molar-refractivity contribution in [1.82, 2.24) is 5.32 Å². The fraction of sp³-hybridized carbons (Fsp3) is 0.188. The number of carbonyl (C=O) groups is 2. The Morgan fingerprint density at radius 1 is 0.897 bits per heavy atom. The van der Waals surface area contributed by atoms with E-state index in [9.17, 15) is 14.7 Å². The van der Waals surface area contributed by atoms with Gasteiger partial charge in [-0.2, -0.15) is 0 Å². The van der Waals surface area contributed by atoms with Gasteiger partial charge in [-0.3, -0.25) is 4.79 Å². The van der Waals surface area contributed by atoms with Crippen molar-refractivity contribution in [2.24, 2.45) is 5.92 Å². The van der Waals surface area contributed by atoms with Gasteiger partial charge in [0.1, 0.15) is 23.3 Å². The highest BCUT2D eigenvalue weighted by Gasteiger charge is 2.25. The highest BCUT2D eigenvalue weighted by Crippen LogP contribution is 2.34. The van der Waals surface area contributed by atoms with Gasteiger partial charge in [-0.15, -0.1) is 0 Å². The summed E-state index contributed by atoms with van der Waals surface area (Å²) in [5, 5.41) is 12.6. The first-order valence-corrected chi connectivity index (χ1v) is 13.6. The van der Waals surface area contributed by atoms with Crippen LogP contribution in [0.3, 0.4) is 0 Å². The minimum absolute atomic E-state index is 0.135. The van der Waals surface area contributed by atoms with Gasteiger partial charge in [-0.1, -0.05) is 76.6 Å². The smallest absolute Gasteiger partial charge is 0.326 e. The zero-order valence-electron chi connectivity index (χ0n) is 21.2. The van der Waals surface area contributed by atoms with Crippen molar-refractivity contribution >= 4 is 27.8 Å². The van der Waals surface area contributed by atoms with Crippen LogP contribution in [0.5, 0.6) is 17.2 Å². The van der Waals surface area contributed by atoms with E-state index >= 15 is 0 Å². The van der Waals surface area contributed by atoms with Gasteiger partial charge in [-0.05, 0) is 66.3 Å². The molecule has 4 aromatic carbocycles. The SMILES string of the molecule is O=C(N[C@@H](Cc1ccc(-c2ccccc2Oc2ccccc2)cc1)C(=O)O)c1cc(Br)ccc1OCC1CC1. The van der Waals surface area contributed by atoms with E-state index in [0.717, 1.165) is 41.0 Å². The summed E-state index contributed by atoms with van der Waals surface area (Å²) in [4.78, 5) is 25.2. The van der Waals surface area contributed by atoms with Crippen LogP contribution in [0, 0.1) is 5.92 Å². The van der Waals surface area contributed by atoms with Gasteiger partial charge >= 0.3 is 5.97 Å². The van der Waals surface area contributed by atoms with Gasteiger partial charge < -0.3 is 19.9 Å². The number of rotatable bonds is 11. The Labute approximate surface area is 235 Å². The minimum Gasteiger partial charge on any atom is -0.492 e. The summed E-state index contributed by atoms with van der Waals surface area (Å²) in [6, 6.07) is 29.0. The predicted octanol–water partition coefficient (Wildman–Crippen LogP) is 7.12. The van der Waals surface area contributed by atoms with E-state index in [-0.39, 0.29) is 6.42 Å². The molecule has 198 valence electrons. The number of carbonyl (C=O) groups excluding carboxylic acids is 1. The molecule has 0 unspecified atom stereocenters. The second-order valence-corrected chi connectivity index (χ2v) is 10.5. The molecule has 1 aliphatic rings. The number of ether oxygens (including phenoxy) is 2. The van der Waals surface area contributed by atoms with E-state index in [1.807, 2.05) is 78.9 Å². The molecule has 1 fully saturated rings. The zero-order valence-corrected chi connectivity index (χ0v) is 22.8. The molecule has 4 aromatic rings. The number of nitrogens with one attached hydrogen (secondary N) is 1. The summed E-state index contributed by atoms with van der Waals surface area (Å²) in [5.41, 5.74) is 2.95. The molecule has 2 N–H and O–H groups in total. The molecule has 39 heavy (non-hydrogen) atoms. The number of carboxylic acid groups (broad SMARTS) is 1. The fourth-order valence-corrected chi connectivity index (χ4v) is 4.56. The van der Waals surface area contributed by atoms with E-state index in [1.165, 1.54) is 0 Å². The first-order chi connectivity index (χ1) is 19.0. The largest absolute Gasteiger partial charge is 0.492 e. The van der Waals surface area contributed by atoms with Crippen molar-refractivity contribution in [3.05, 3.63) is 113 Å². The third kappa shape index (κ3) is 7.06. The highest BCUT2D eigenvalue weighted by molar-refractivity contribution is 9.10. The number of para-hydroxylation sites is 2. The topological polar surface area (TPSA) is 84.9 Å². The first-order valence-electron chi connectivity index (χ1n) is 12.8. The minimum atomic E-state index is -1.11. The molecular weight excluding hydrogens is 558 g/mol. The Morgan fingerprint density at radius 2 is 1.62 bits per heavy atom. The molecule has 1 saturated carbocycles. The summed E-state index contributed by atoms with van der Waals surface area (Å²) in [6.45, 7) is 0.552. The van der Waals surface area contributed by atoms with Crippen LogP contribution in [0.2, 0.25) is 0 Å². The van der Waals surface area contributed by atoms with E-state index in [0.29, 0.717) is 28.3 Å². The molecule has 0 radical (unpaired) electrons. The Morgan fingerprint density at radius 3 is 2.33 bits per heavy atom. The van der Waals surface area contributed by atoms with E-state index in [1.54, 1.807) is 18.2 Å². The van der Waals surface area contributed by atoms with Gasteiger partial charge in [-0.25, -0.2) is 4.79 Å². The molecular formula is C32H28BrNO5. The molecule has 0 aliphatic heterocycles. The van der Waals surface area contributed by atoms with Gasteiger partial charge in [0.05, 0.1) is 12.2 Å². The van der Waals surface area contributed by atoms with Crippen LogP contribution >= 0.6 is 15.9 Å². The standard InChI is InChI=1S/C32H28BrNO5/c33-24-16-17-29(38-20-22-10-11-22)27(19-24)31(35)34-28(32(36)37)18-21-12-14-23(15-13-21)26-8-4-5-9-30(26)39-25-6-2-1-3-7-25/h1-9,12-17,19,22,28H,10-11,18,20H2,(H,34,35)(H,36,37)/t28-/m0/s1.